The molecular weight excluding hydrogens is 465 g/mol. The van der Waals surface area contributed by atoms with Gasteiger partial charge in [0.1, 0.15) is 11.2 Å². The zero-order valence-electron chi connectivity index (χ0n) is 21.3. The number of halogens is 1. The highest BCUT2D eigenvalue weighted by molar-refractivity contribution is 6.32. The van der Waals surface area contributed by atoms with Crippen molar-refractivity contribution >= 4 is 29.1 Å². The molecule has 186 valence electrons. The highest BCUT2D eigenvalue weighted by Gasteiger charge is 2.72. The zero-order valence-corrected chi connectivity index (χ0v) is 21.3. The van der Waals surface area contributed by atoms with Crippen LogP contribution in [0.4, 0.5) is 10.1 Å². The normalized spacial score (nSPS) is 23.3. The summed E-state index contributed by atoms with van der Waals surface area (Å²) in [7, 11) is 0. The van der Waals surface area contributed by atoms with Gasteiger partial charge in [-0.15, -0.1) is 0 Å². The van der Waals surface area contributed by atoms with Crippen LogP contribution in [0.25, 0.3) is 6.08 Å². The van der Waals surface area contributed by atoms with E-state index in [2.05, 4.69) is 0 Å². The monoisotopic (exact) mass is 493 g/mol. The van der Waals surface area contributed by atoms with Gasteiger partial charge in [0.15, 0.2) is 17.3 Å². The molecule has 0 bridgehead atoms. The van der Waals surface area contributed by atoms with Gasteiger partial charge in [-0.1, -0.05) is 87.0 Å². The van der Waals surface area contributed by atoms with Crippen LogP contribution in [0.2, 0.25) is 0 Å². The number of carbonyl (C=O) groups is 3. The number of Topliss-reactive ketones (excluding diaryl/α,β-unsaturated/α-hetero) is 3. The second-order valence-corrected chi connectivity index (χ2v) is 11.4. The van der Waals surface area contributed by atoms with Crippen LogP contribution in [0.5, 0.6) is 0 Å². The van der Waals surface area contributed by atoms with E-state index in [1.807, 2.05) is 62.9 Å². The van der Waals surface area contributed by atoms with E-state index in [4.69, 9.17) is 0 Å². The number of aryl methyl sites for hydroxylation is 1. The third kappa shape index (κ3) is 3.03. The predicted octanol–water partition coefficient (Wildman–Crippen LogP) is 6.18. The van der Waals surface area contributed by atoms with Crippen molar-refractivity contribution in [3.05, 3.63) is 106 Å². The molecule has 3 aromatic carbocycles. The van der Waals surface area contributed by atoms with Crippen LogP contribution in [0.1, 0.15) is 64.1 Å². The lowest BCUT2D eigenvalue weighted by Crippen LogP contribution is -2.49. The highest BCUT2D eigenvalue weighted by atomic mass is 19.1. The summed E-state index contributed by atoms with van der Waals surface area (Å²) < 4.78 is 15.7. The number of ketones is 3. The Kier molecular flexibility index (Phi) is 4.97. The van der Waals surface area contributed by atoms with Gasteiger partial charge in [0.25, 0.3) is 0 Å². The number of hydrogen-bond acceptors (Lipinski definition) is 4. The summed E-state index contributed by atoms with van der Waals surface area (Å²) in [6, 6.07) is 17.3. The molecule has 1 saturated heterocycles. The maximum absolute atomic E-state index is 15.7. The molecule has 0 aromatic heterocycles. The average Bonchev–Trinajstić information content (AvgIpc) is 3.29. The molecule has 2 aliphatic heterocycles. The summed E-state index contributed by atoms with van der Waals surface area (Å²) in [5, 5.41) is 0. The van der Waals surface area contributed by atoms with Crippen LogP contribution < -0.4 is 4.90 Å². The third-order valence-electron chi connectivity index (χ3n) is 8.21. The first-order valence-corrected chi connectivity index (χ1v) is 12.6. The molecule has 0 N–H and O–H groups in total. The lowest BCUT2D eigenvalue weighted by atomic mass is 9.63. The first kappa shape index (κ1) is 23.5. The maximum atomic E-state index is 15.7. The van der Waals surface area contributed by atoms with E-state index in [-0.39, 0.29) is 22.9 Å². The Labute approximate surface area is 215 Å². The Morgan fingerprint density at radius 2 is 1.54 bits per heavy atom. The third-order valence-corrected chi connectivity index (χ3v) is 8.21. The Bertz CT molecular complexity index is 1490. The van der Waals surface area contributed by atoms with Crippen molar-refractivity contribution in [1.82, 2.24) is 0 Å². The molecule has 3 aliphatic rings. The van der Waals surface area contributed by atoms with E-state index in [9.17, 15) is 14.4 Å². The predicted molar refractivity (Wildman–Crippen MR) is 141 cm³/mol. The molecule has 0 saturated carbocycles. The summed E-state index contributed by atoms with van der Waals surface area (Å²) in [6.45, 7) is 7.48. The second kappa shape index (κ2) is 7.82. The van der Waals surface area contributed by atoms with Gasteiger partial charge in [-0.05, 0) is 36.2 Å². The molecule has 1 aliphatic carbocycles. The molecular formula is C32H28FNO3. The topological polar surface area (TPSA) is 54.5 Å². The molecule has 3 atom stereocenters. The molecule has 1 spiro atoms. The molecule has 4 nitrogen and oxygen atoms in total. The van der Waals surface area contributed by atoms with Crippen molar-refractivity contribution in [2.24, 2.45) is 10.8 Å². The summed E-state index contributed by atoms with van der Waals surface area (Å²) in [5.74, 6) is -2.36. The Morgan fingerprint density at radius 3 is 2.16 bits per heavy atom. The van der Waals surface area contributed by atoms with Crippen molar-refractivity contribution < 1.29 is 18.8 Å². The Hall–Kier alpha value is -3.86. The van der Waals surface area contributed by atoms with Crippen LogP contribution >= 0.6 is 0 Å². The lowest BCUT2D eigenvalue weighted by molar-refractivity contribution is -0.127. The number of nitrogens with zero attached hydrogens (tertiary/aromatic N) is 1. The Balaban J connectivity index is 1.72. The second-order valence-electron chi connectivity index (χ2n) is 11.4. The fraction of sp³-hybridized carbons (Fsp3) is 0.281. The van der Waals surface area contributed by atoms with Crippen LogP contribution in [0, 0.1) is 23.6 Å². The van der Waals surface area contributed by atoms with E-state index in [0.717, 1.165) is 16.8 Å². The fourth-order valence-corrected chi connectivity index (χ4v) is 6.61. The van der Waals surface area contributed by atoms with Crippen LogP contribution in [-0.4, -0.2) is 29.4 Å². The molecule has 5 heteroatoms. The van der Waals surface area contributed by atoms with Crippen LogP contribution in [-0.2, 0) is 4.79 Å². The van der Waals surface area contributed by atoms with Gasteiger partial charge >= 0.3 is 0 Å². The number of rotatable bonds is 2. The highest BCUT2D eigenvalue weighted by Crippen LogP contribution is 2.61. The number of anilines is 1. The Morgan fingerprint density at radius 1 is 0.919 bits per heavy atom. The van der Waals surface area contributed by atoms with E-state index in [0.29, 0.717) is 11.1 Å². The standard InChI is InChI=1S/C32H28FNO3/c1-18-13-15-24-19(17-18)14-16-25-32(28(35)20-9-5-6-10-21(20)29(32)36)26(22-11-7-8-12-23(22)33)27(34(24)25)30(37)31(2,3)4/h5-17,25-27H,1-4H3/t25-,26-,27+/m0/s1. The summed E-state index contributed by atoms with van der Waals surface area (Å²) in [5.41, 5.74) is 1.15. The zero-order chi connectivity index (χ0) is 26.3. The van der Waals surface area contributed by atoms with E-state index in [1.54, 1.807) is 42.5 Å². The minimum Gasteiger partial charge on any atom is -0.352 e. The van der Waals surface area contributed by atoms with Crippen molar-refractivity contribution in [2.75, 3.05) is 4.90 Å². The SMILES string of the molecule is Cc1ccc2c(c1)C=C[C@@H]1N2[C@@H](C(=O)C(C)(C)C)[C@H](c2ccccc2F)C12C(=O)c1ccccc1C2=O. The van der Waals surface area contributed by atoms with E-state index >= 15 is 4.39 Å². The fourth-order valence-electron chi connectivity index (χ4n) is 6.61. The van der Waals surface area contributed by atoms with E-state index in [1.165, 1.54) is 6.07 Å². The van der Waals surface area contributed by atoms with Crippen molar-refractivity contribution in [3.8, 4) is 0 Å². The van der Waals surface area contributed by atoms with Crippen LogP contribution in [0.15, 0.2) is 72.8 Å². The van der Waals surface area contributed by atoms with Crippen molar-refractivity contribution in [2.45, 2.75) is 45.7 Å². The minimum atomic E-state index is -1.67. The molecule has 0 radical (unpaired) electrons. The number of hydrogen-bond donors (Lipinski definition) is 0. The van der Waals surface area contributed by atoms with Gasteiger partial charge in [0.05, 0.1) is 12.1 Å². The number of benzene rings is 3. The summed E-state index contributed by atoms with van der Waals surface area (Å²) in [4.78, 5) is 45.1. The molecule has 6 rings (SSSR count). The first-order chi connectivity index (χ1) is 17.6. The van der Waals surface area contributed by atoms with Gasteiger partial charge in [-0.3, -0.25) is 14.4 Å². The largest absolute Gasteiger partial charge is 0.352 e. The molecule has 1 fully saturated rings. The summed E-state index contributed by atoms with van der Waals surface area (Å²) in [6.07, 6.45) is 3.80. The quantitative estimate of drug-likeness (QED) is 0.400. The van der Waals surface area contributed by atoms with Crippen LogP contribution in [0.3, 0.4) is 0 Å². The van der Waals surface area contributed by atoms with Crippen molar-refractivity contribution in [3.63, 3.8) is 0 Å². The number of carbonyl (C=O) groups excluding carboxylic acids is 3. The number of fused-ring (bicyclic) bond motifs is 5. The van der Waals surface area contributed by atoms with Gasteiger partial charge in [0, 0.05) is 28.1 Å². The van der Waals surface area contributed by atoms with Gasteiger partial charge < -0.3 is 4.90 Å². The minimum absolute atomic E-state index is 0.138. The summed E-state index contributed by atoms with van der Waals surface area (Å²) >= 11 is 0. The maximum Gasteiger partial charge on any atom is 0.180 e. The molecule has 0 unspecified atom stereocenters. The average molecular weight is 494 g/mol. The molecule has 3 aromatic rings. The van der Waals surface area contributed by atoms with Crippen molar-refractivity contribution in [1.29, 1.82) is 0 Å². The smallest absolute Gasteiger partial charge is 0.180 e. The van der Waals surface area contributed by atoms with Gasteiger partial charge in [-0.2, -0.15) is 0 Å². The van der Waals surface area contributed by atoms with E-state index < -0.39 is 34.6 Å². The molecule has 0 amide bonds. The van der Waals surface area contributed by atoms with Gasteiger partial charge in [0.2, 0.25) is 0 Å². The molecule has 2 heterocycles. The lowest BCUT2D eigenvalue weighted by Gasteiger charge is -2.38. The molecule has 37 heavy (non-hydrogen) atoms. The van der Waals surface area contributed by atoms with Gasteiger partial charge in [-0.25, -0.2) is 4.39 Å². The first-order valence-electron chi connectivity index (χ1n) is 12.6.